The van der Waals surface area contributed by atoms with Gasteiger partial charge in [-0.1, -0.05) is 51.4 Å². The zero-order valence-corrected chi connectivity index (χ0v) is 21.3. The minimum atomic E-state index is -4.63. The van der Waals surface area contributed by atoms with E-state index in [1.807, 2.05) is 27.7 Å². The molecular formula is C24H33NO8P-. The maximum atomic E-state index is 11.9. The molecule has 0 saturated carbocycles. The van der Waals surface area contributed by atoms with Crippen LogP contribution in [0, 0.1) is 47.4 Å². The second-order valence-electron chi connectivity index (χ2n) is 5.74. The van der Waals surface area contributed by atoms with Crippen molar-refractivity contribution >= 4 is 19.8 Å². The van der Waals surface area contributed by atoms with Crippen LogP contribution in [-0.2, 0) is 32.7 Å². The van der Waals surface area contributed by atoms with Crippen LogP contribution in [0.2, 0.25) is 0 Å². The van der Waals surface area contributed by atoms with Crippen LogP contribution in [0.3, 0.4) is 0 Å². The van der Waals surface area contributed by atoms with E-state index in [0.29, 0.717) is 12.8 Å². The molecule has 2 unspecified atom stereocenters. The van der Waals surface area contributed by atoms with E-state index in [0.717, 1.165) is 0 Å². The SMILES string of the molecule is CC.CCC#CC#CCC(=O)OCC(COP(=O)([O-])OCCNC)OC(=O)CC#CC#CCC. The number of likely N-dealkylation sites (N-methyl/N-ethyl adjacent to an activating group) is 1. The van der Waals surface area contributed by atoms with Crippen LogP contribution in [0.4, 0.5) is 0 Å². The maximum Gasteiger partial charge on any atom is 0.318 e. The predicted octanol–water partition coefficient (Wildman–Crippen LogP) is 1.80. The number of ether oxygens (including phenoxy) is 2. The molecule has 0 spiro atoms. The van der Waals surface area contributed by atoms with Gasteiger partial charge in [0.15, 0.2) is 6.10 Å². The summed E-state index contributed by atoms with van der Waals surface area (Å²) in [5.74, 6) is 19.1. The summed E-state index contributed by atoms with van der Waals surface area (Å²) in [5, 5.41) is 2.71. The van der Waals surface area contributed by atoms with E-state index >= 15 is 0 Å². The van der Waals surface area contributed by atoms with Crippen molar-refractivity contribution in [2.24, 2.45) is 0 Å². The van der Waals surface area contributed by atoms with Gasteiger partial charge >= 0.3 is 11.9 Å². The van der Waals surface area contributed by atoms with Crippen LogP contribution < -0.4 is 10.2 Å². The lowest BCUT2D eigenvalue weighted by Crippen LogP contribution is -2.30. The molecule has 10 heteroatoms. The highest BCUT2D eigenvalue weighted by atomic mass is 31.2. The Hall–Kier alpha value is -2.75. The molecule has 34 heavy (non-hydrogen) atoms. The summed E-state index contributed by atoms with van der Waals surface area (Å²) in [6, 6.07) is 0. The molecule has 0 aromatic heterocycles. The molecule has 0 aliphatic carbocycles. The molecule has 0 amide bonds. The number of esters is 2. The molecule has 0 heterocycles. The van der Waals surface area contributed by atoms with E-state index in [4.69, 9.17) is 14.0 Å². The molecule has 1 N–H and O–H groups in total. The molecule has 9 nitrogen and oxygen atoms in total. The van der Waals surface area contributed by atoms with Crippen molar-refractivity contribution in [2.75, 3.05) is 33.4 Å². The van der Waals surface area contributed by atoms with Crippen molar-refractivity contribution in [1.82, 2.24) is 5.32 Å². The van der Waals surface area contributed by atoms with Gasteiger partial charge < -0.3 is 28.7 Å². The van der Waals surface area contributed by atoms with Gasteiger partial charge in [-0.15, -0.1) is 0 Å². The van der Waals surface area contributed by atoms with Crippen molar-refractivity contribution in [2.45, 2.75) is 59.5 Å². The van der Waals surface area contributed by atoms with Crippen LogP contribution in [0.1, 0.15) is 53.4 Å². The molecule has 0 aliphatic heterocycles. The van der Waals surface area contributed by atoms with Crippen molar-refractivity contribution in [1.29, 1.82) is 0 Å². The fourth-order valence-electron chi connectivity index (χ4n) is 1.64. The lowest BCUT2D eigenvalue weighted by atomic mass is 10.3. The molecule has 0 rings (SSSR count). The number of hydrogen-bond donors (Lipinski definition) is 1. The summed E-state index contributed by atoms with van der Waals surface area (Å²) in [5.41, 5.74) is 0. The van der Waals surface area contributed by atoms with Gasteiger partial charge in [-0.2, -0.15) is 0 Å². The zero-order chi connectivity index (χ0) is 26.1. The number of carbonyl (C=O) groups excluding carboxylic acids is 2. The third-order valence-electron chi connectivity index (χ3n) is 3.05. The van der Waals surface area contributed by atoms with Crippen LogP contribution in [0.25, 0.3) is 0 Å². The summed E-state index contributed by atoms with van der Waals surface area (Å²) in [4.78, 5) is 35.5. The van der Waals surface area contributed by atoms with Gasteiger partial charge in [0.1, 0.15) is 19.4 Å². The maximum absolute atomic E-state index is 11.9. The number of phosphoric ester groups is 1. The largest absolute Gasteiger partial charge is 0.756 e. The highest BCUT2D eigenvalue weighted by Gasteiger charge is 2.20. The third kappa shape index (κ3) is 22.4. The zero-order valence-electron chi connectivity index (χ0n) is 20.4. The Morgan fingerprint density at radius 3 is 1.94 bits per heavy atom. The van der Waals surface area contributed by atoms with Crippen molar-refractivity contribution in [3.63, 3.8) is 0 Å². The van der Waals surface area contributed by atoms with E-state index in [1.54, 1.807) is 7.05 Å². The first-order valence-electron chi connectivity index (χ1n) is 10.9. The standard InChI is InChI=1S/C22H28NO8P.C2H6/c1-4-6-8-10-12-14-21(24)28-18-20(19-30-32(26,27)29-17-16-23-3)31-22(25)15-13-11-9-7-5-2;1-2/h20,23H,4-5,14-19H2,1-3H3,(H,26,27);1-2H3/p-1. The Kier molecular flexibility index (Phi) is 23.0. The smallest absolute Gasteiger partial charge is 0.318 e. The average molecular weight is 495 g/mol. The van der Waals surface area contributed by atoms with E-state index in [1.165, 1.54) is 0 Å². The molecular weight excluding hydrogens is 461 g/mol. The highest BCUT2D eigenvalue weighted by Crippen LogP contribution is 2.38. The Morgan fingerprint density at radius 2 is 1.41 bits per heavy atom. The first-order chi connectivity index (χ1) is 16.3. The predicted molar refractivity (Wildman–Crippen MR) is 127 cm³/mol. The van der Waals surface area contributed by atoms with Crippen molar-refractivity contribution in [3.05, 3.63) is 0 Å². The number of rotatable bonds is 12. The second kappa shape index (κ2) is 23.4. The van der Waals surface area contributed by atoms with Crippen LogP contribution >= 0.6 is 7.82 Å². The molecule has 0 aliphatic rings. The number of carbonyl (C=O) groups is 2. The fourth-order valence-corrected chi connectivity index (χ4v) is 2.38. The second-order valence-corrected chi connectivity index (χ2v) is 7.15. The molecule has 188 valence electrons. The number of phosphoric acid groups is 1. The van der Waals surface area contributed by atoms with Gasteiger partial charge in [0.25, 0.3) is 7.82 Å². The first kappa shape index (κ1) is 33.4. The van der Waals surface area contributed by atoms with Gasteiger partial charge in [0.05, 0.1) is 13.2 Å². The Morgan fingerprint density at radius 1 is 0.882 bits per heavy atom. The minimum Gasteiger partial charge on any atom is -0.756 e. The lowest BCUT2D eigenvalue weighted by Gasteiger charge is -2.25. The van der Waals surface area contributed by atoms with Gasteiger partial charge in [-0.05, 0) is 30.7 Å². The van der Waals surface area contributed by atoms with Gasteiger partial charge in [-0.3, -0.25) is 14.2 Å². The van der Waals surface area contributed by atoms with Crippen LogP contribution in [-0.4, -0.2) is 51.5 Å². The lowest BCUT2D eigenvalue weighted by molar-refractivity contribution is -0.228. The topological polar surface area (TPSA) is 123 Å². The van der Waals surface area contributed by atoms with Crippen molar-refractivity contribution < 1.29 is 37.6 Å². The molecule has 0 bridgehead atoms. The van der Waals surface area contributed by atoms with Crippen LogP contribution in [0.15, 0.2) is 0 Å². The van der Waals surface area contributed by atoms with Gasteiger partial charge in [0, 0.05) is 19.4 Å². The van der Waals surface area contributed by atoms with E-state index < -0.39 is 39.1 Å². The summed E-state index contributed by atoms with van der Waals surface area (Å²) in [6.07, 6.45) is -0.431. The van der Waals surface area contributed by atoms with Crippen LogP contribution in [0.5, 0.6) is 0 Å². The number of nitrogens with one attached hydrogen (secondary N) is 1. The summed E-state index contributed by atoms with van der Waals surface area (Å²) >= 11 is 0. The summed E-state index contributed by atoms with van der Waals surface area (Å²) in [6.45, 7) is 6.83. The quantitative estimate of drug-likeness (QED) is 0.187. The molecule has 0 radical (unpaired) electrons. The summed E-state index contributed by atoms with van der Waals surface area (Å²) < 4.78 is 31.2. The molecule has 0 aromatic carbocycles. The third-order valence-corrected chi connectivity index (χ3v) is 4.01. The monoisotopic (exact) mass is 494 g/mol. The van der Waals surface area contributed by atoms with Crippen molar-refractivity contribution in [3.8, 4) is 47.4 Å². The molecule has 0 aromatic rings. The van der Waals surface area contributed by atoms with Gasteiger partial charge in [0.2, 0.25) is 0 Å². The average Bonchev–Trinajstić information content (AvgIpc) is 2.82. The Balaban J connectivity index is 0. The normalized spacial score (nSPS) is 11.5. The van der Waals surface area contributed by atoms with E-state index in [-0.39, 0.29) is 26.0 Å². The number of hydrogen-bond acceptors (Lipinski definition) is 9. The minimum absolute atomic E-state index is 0.134. The molecule has 2 atom stereocenters. The fraction of sp³-hybridized carbons (Fsp3) is 0.583. The molecule has 0 saturated heterocycles. The highest BCUT2D eigenvalue weighted by molar-refractivity contribution is 7.45. The molecule has 0 fully saturated rings. The summed E-state index contributed by atoms with van der Waals surface area (Å²) in [7, 11) is -3.01. The Bertz CT molecular complexity index is 887. The van der Waals surface area contributed by atoms with E-state index in [9.17, 15) is 19.0 Å². The van der Waals surface area contributed by atoms with Gasteiger partial charge in [-0.25, -0.2) is 0 Å². The first-order valence-corrected chi connectivity index (χ1v) is 12.3. The Labute approximate surface area is 203 Å². The van der Waals surface area contributed by atoms with E-state index in [2.05, 4.69) is 57.2 Å².